The van der Waals surface area contributed by atoms with Gasteiger partial charge in [-0.25, -0.2) is 0 Å². The molecule has 2 heterocycles. The highest BCUT2D eigenvalue weighted by Crippen LogP contribution is 2.31. The molecule has 1 aromatic heterocycles. The van der Waals surface area contributed by atoms with Crippen LogP contribution < -0.4 is 5.32 Å². The molecule has 18 heavy (non-hydrogen) atoms. The minimum Gasteiger partial charge on any atom is -0.309 e. The highest BCUT2D eigenvalue weighted by atomic mass is 35.5. The van der Waals surface area contributed by atoms with Gasteiger partial charge >= 0.3 is 0 Å². The topological polar surface area (TPSA) is 15.3 Å². The lowest BCUT2D eigenvalue weighted by Crippen LogP contribution is -2.66. The summed E-state index contributed by atoms with van der Waals surface area (Å²) in [5.41, 5.74) is 0.432. The van der Waals surface area contributed by atoms with Crippen LogP contribution in [0, 0.1) is 0 Å². The molecule has 1 aliphatic rings. The highest BCUT2D eigenvalue weighted by molar-refractivity contribution is 7.16. The first-order valence-corrected chi connectivity index (χ1v) is 7.78. The van der Waals surface area contributed by atoms with Crippen molar-refractivity contribution in [3.05, 3.63) is 21.3 Å². The fourth-order valence-electron chi connectivity index (χ4n) is 2.49. The summed E-state index contributed by atoms with van der Waals surface area (Å²) >= 11 is 7.72. The lowest BCUT2D eigenvalue weighted by molar-refractivity contribution is 0.0183. The maximum atomic E-state index is 6.03. The Morgan fingerprint density at radius 2 is 2.11 bits per heavy atom. The molecule has 0 aliphatic carbocycles. The summed E-state index contributed by atoms with van der Waals surface area (Å²) < 4.78 is 0.887. The van der Waals surface area contributed by atoms with Crippen molar-refractivity contribution in [2.75, 3.05) is 13.1 Å². The average molecular weight is 287 g/mol. The van der Waals surface area contributed by atoms with Crippen molar-refractivity contribution in [2.45, 2.75) is 51.7 Å². The molecule has 1 saturated heterocycles. The predicted molar refractivity (Wildman–Crippen MR) is 80.5 cm³/mol. The van der Waals surface area contributed by atoms with E-state index in [2.05, 4.69) is 44.0 Å². The fraction of sp³-hybridized carbons (Fsp3) is 0.714. The van der Waals surface area contributed by atoms with Crippen LogP contribution in [-0.2, 0) is 6.54 Å². The van der Waals surface area contributed by atoms with Gasteiger partial charge < -0.3 is 5.32 Å². The Bertz CT molecular complexity index is 416. The molecule has 1 unspecified atom stereocenters. The van der Waals surface area contributed by atoms with E-state index in [-0.39, 0.29) is 11.1 Å². The Morgan fingerprint density at radius 3 is 2.67 bits per heavy atom. The molecule has 1 aromatic rings. The molecule has 1 atom stereocenters. The predicted octanol–water partition coefficient (Wildman–Crippen LogP) is 3.75. The zero-order valence-electron chi connectivity index (χ0n) is 11.7. The Labute approximate surface area is 119 Å². The van der Waals surface area contributed by atoms with Gasteiger partial charge in [0.2, 0.25) is 0 Å². The lowest BCUT2D eigenvalue weighted by Gasteiger charge is -2.51. The van der Waals surface area contributed by atoms with E-state index in [1.807, 2.05) is 6.07 Å². The smallest absolute Gasteiger partial charge is 0.0931 e. The van der Waals surface area contributed by atoms with Crippen molar-refractivity contribution in [3.63, 3.8) is 0 Å². The van der Waals surface area contributed by atoms with Crippen LogP contribution in [-0.4, -0.2) is 29.1 Å². The van der Waals surface area contributed by atoms with Crippen LogP contribution in [0.5, 0.6) is 0 Å². The maximum absolute atomic E-state index is 6.03. The van der Waals surface area contributed by atoms with Crippen molar-refractivity contribution < 1.29 is 0 Å². The van der Waals surface area contributed by atoms with Gasteiger partial charge in [0.05, 0.1) is 4.34 Å². The molecule has 1 aliphatic heterocycles. The molecule has 4 heteroatoms. The molecule has 102 valence electrons. The van der Waals surface area contributed by atoms with E-state index in [1.165, 1.54) is 4.88 Å². The van der Waals surface area contributed by atoms with Crippen LogP contribution in [0.1, 0.15) is 39.0 Å². The lowest BCUT2D eigenvalue weighted by atomic mass is 9.88. The average Bonchev–Trinajstić information content (AvgIpc) is 2.70. The van der Waals surface area contributed by atoms with E-state index >= 15 is 0 Å². The second-order valence-electron chi connectivity index (χ2n) is 6.15. The Kier molecular flexibility index (Phi) is 4.07. The summed E-state index contributed by atoms with van der Waals surface area (Å²) in [6, 6.07) is 4.15. The zero-order valence-corrected chi connectivity index (χ0v) is 13.3. The van der Waals surface area contributed by atoms with Crippen LogP contribution in [0.2, 0.25) is 4.34 Å². The molecule has 0 amide bonds. The maximum Gasteiger partial charge on any atom is 0.0931 e. The third-order valence-corrected chi connectivity index (χ3v) is 5.25. The third kappa shape index (κ3) is 3.08. The van der Waals surface area contributed by atoms with E-state index in [4.69, 9.17) is 11.6 Å². The van der Waals surface area contributed by atoms with Gasteiger partial charge in [-0.3, -0.25) is 4.90 Å². The number of rotatable bonds is 3. The number of nitrogens with one attached hydrogen (secondary N) is 1. The minimum atomic E-state index is 0.190. The summed E-state index contributed by atoms with van der Waals surface area (Å²) in [4.78, 5) is 3.96. The second-order valence-corrected chi connectivity index (χ2v) is 7.95. The van der Waals surface area contributed by atoms with Gasteiger partial charge in [0.1, 0.15) is 0 Å². The van der Waals surface area contributed by atoms with Gasteiger partial charge in [0.25, 0.3) is 0 Å². The van der Waals surface area contributed by atoms with Crippen molar-refractivity contribution in [2.24, 2.45) is 0 Å². The number of hydrogen-bond donors (Lipinski definition) is 1. The summed E-state index contributed by atoms with van der Waals surface area (Å²) in [7, 11) is 0. The minimum absolute atomic E-state index is 0.190. The highest BCUT2D eigenvalue weighted by Gasteiger charge is 2.39. The van der Waals surface area contributed by atoms with Gasteiger partial charge in [-0.1, -0.05) is 18.5 Å². The summed E-state index contributed by atoms with van der Waals surface area (Å²) in [5, 5.41) is 3.66. The molecular formula is C14H23ClN2S. The Balaban J connectivity index is 2.15. The molecule has 2 nitrogen and oxygen atoms in total. The summed E-state index contributed by atoms with van der Waals surface area (Å²) in [6.45, 7) is 12.3. The normalized spacial score (nSPS) is 28.5. The molecule has 0 spiro atoms. The van der Waals surface area contributed by atoms with Gasteiger partial charge in [-0.2, -0.15) is 0 Å². The van der Waals surface area contributed by atoms with Crippen LogP contribution in [0.4, 0.5) is 0 Å². The SMILES string of the molecule is CCC1(C)CNC(C)(C)CN1Cc1ccc(Cl)s1. The monoisotopic (exact) mass is 286 g/mol. The van der Waals surface area contributed by atoms with Gasteiger partial charge in [0.15, 0.2) is 0 Å². The fourth-order valence-corrected chi connectivity index (χ4v) is 3.59. The van der Waals surface area contributed by atoms with Crippen LogP contribution in [0.15, 0.2) is 12.1 Å². The molecule has 1 fully saturated rings. The number of halogens is 1. The van der Waals surface area contributed by atoms with Crippen LogP contribution >= 0.6 is 22.9 Å². The summed E-state index contributed by atoms with van der Waals surface area (Å²) in [6.07, 6.45) is 1.16. The molecule has 0 bridgehead atoms. The van der Waals surface area contributed by atoms with E-state index in [9.17, 15) is 0 Å². The third-order valence-electron chi connectivity index (χ3n) is 4.03. The molecule has 2 rings (SSSR count). The van der Waals surface area contributed by atoms with Crippen molar-refractivity contribution in [1.82, 2.24) is 10.2 Å². The van der Waals surface area contributed by atoms with Crippen LogP contribution in [0.3, 0.4) is 0 Å². The van der Waals surface area contributed by atoms with E-state index < -0.39 is 0 Å². The quantitative estimate of drug-likeness (QED) is 0.910. The second kappa shape index (κ2) is 5.12. The largest absolute Gasteiger partial charge is 0.309 e. The number of thiophene rings is 1. The first kappa shape index (κ1) is 14.3. The van der Waals surface area contributed by atoms with E-state index in [1.54, 1.807) is 11.3 Å². The first-order valence-electron chi connectivity index (χ1n) is 6.59. The molecule has 1 N–H and O–H groups in total. The molecule has 0 radical (unpaired) electrons. The molecule has 0 aromatic carbocycles. The standard InChI is InChI=1S/C14H23ClN2S/c1-5-14(4)9-16-13(2,3)10-17(14)8-11-6-7-12(15)18-11/h6-7,16H,5,8-10H2,1-4H3. The van der Waals surface area contributed by atoms with Crippen molar-refractivity contribution >= 4 is 22.9 Å². The molecular weight excluding hydrogens is 264 g/mol. The number of nitrogens with zero attached hydrogens (tertiary/aromatic N) is 1. The van der Waals surface area contributed by atoms with Crippen molar-refractivity contribution in [3.8, 4) is 0 Å². The van der Waals surface area contributed by atoms with E-state index in [0.29, 0.717) is 0 Å². The Morgan fingerprint density at radius 1 is 1.39 bits per heavy atom. The molecule has 0 saturated carbocycles. The zero-order chi connectivity index (χ0) is 13.4. The van der Waals surface area contributed by atoms with Crippen molar-refractivity contribution in [1.29, 1.82) is 0 Å². The van der Waals surface area contributed by atoms with Gasteiger partial charge in [-0.15, -0.1) is 11.3 Å². The summed E-state index contributed by atoms with van der Waals surface area (Å²) in [5.74, 6) is 0. The number of piperazine rings is 1. The van der Waals surface area contributed by atoms with Gasteiger partial charge in [0, 0.05) is 35.6 Å². The van der Waals surface area contributed by atoms with Gasteiger partial charge in [-0.05, 0) is 39.3 Å². The van der Waals surface area contributed by atoms with Crippen LogP contribution in [0.25, 0.3) is 0 Å². The number of hydrogen-bond acceptors (Lipinski definition) is 3. The first-order chi connectivity index (χ1) is 8.35. The van der Waals surface area contributed by atoms with E-state index in [0.717, 1.165) is 30.4 Å². The Hall–Kier alpha value is -0.0900.